The lowest BCUT2D eigenvalue weighted by Crippen LogP contribution is -2.12. The topological polar surface area (TPSA) is 79.2 Å². The van der Waals surface area contributed by atoms with Crippen LogP contribution >= 0.6 is 22.9 Å². The van der Waals surface area contributed by atoms with Gasteiger partial charge >= 0.3 is 0 Å². The van der Waals surface area contributed by atoms with Gasteiger partial charge in [-0.3, -0.25) is 4.72 Å². The first-order valence-corrected chi connectivity index (χ1v) is 8.42. The molecule has 0 aliphatic rings. The number of benzene rings is 1. The lowest BCUT2D eigenvalue weighted by Gasteiger charge is -2.12. The summed E-state index contributed by atoms with van der Waals surface area (Å²) in [5, 5.41) is 9.25. The van der Waals surface area contributed by atoms with Crippen LogP contribution in [0.25, 0.3) is 0 Å². The number of nitriles is 1. The van der Waals surface area contributed by atoms with Gasteiger partial charge in [-0.2, -0.15) is 5.26 Å². The van der Waals surface area contributed by atoms with E-state index in [2.05, 4.69) is 4.72 Å². The number of hydrogen-bond donors (Lipinski definition) is 1. The minimum Gasteiger partial charge on any atom is -0.495 e. The van der Waals surface area contributed by atoms with Crippen molar-refractivity contribution in [1.82, 2.24) is 0 Å². The molecule has 5 nitrogen and oxygen atoms in total. The van der Waals surface area contributed by atoms with Crippen LogP contribution in [0, 0.1) is 18.3 Å². The van der Waals surface area contributed by atoms with Gasteiger partial charge in [0.25, 0.3) is 10.0 Å². The fourth-order valence-corrected chi connectivity index (χ4v) is 3.95. The number of nitrogens with zero attached hydrogens (tertiary/aromatic N) is 1. The molecule has 0 spiro atoms. The highest BCUT2D eigenvalue weighted by atomic mass is 35.5. The van der Waals surface area contributed by atoms with Crippen molar-refractivity contribution in [3.8, 4) is 11.8 Å². The van der Waals surface area contributed by atoms with E-state index in [0.717, 1.165) is 16.9 Å². The van der Waals surface area contributed by atoms with Crippen molar-refractivity contribution in [2.45, 2.75) is 11.1 Å². The highest BCUT2D eigenvalue weighted by molar-refractivity contribution is 7.94. The summed E-state index contributed by atoms with van der Waals surface area (Å²) >= 11 is 6.89. The molecule has 0 saturated heterocycles. The fourth-order valence-electron chi connectivity index (χ4n) is 1.63. The van der Waals surface area contributed by atoms with Gasteiger partial charge in [0.2, 0.25) is 0 Å². The maximum absolute atomic E-state index is 12.3. The zero-order chi connectivity index (χ0) is 15.6. The third-order valence-corrected chi connectivity index (χ3v) is 5.94. The van der Waals surface area contributed by atoms with Gasteiger partial charge in [0.05, 0.1) is 12.8 Å². The summed E-state index contributed by atoms with van der Waals surface area (Å²) in [5.74, 6) is 0.325. The van der Waals surface area contributed by atoms with Gasteiger partial charge in [0.15, 0.2) is 0 Å². The highest BCUT2D eigenvalue weighted by Gasteiger charge is 2.19. The summed E-state index contributed by atoms with van der Waals surface area (Å²) < 4.78 is 32.2. The van der Waals surface area contributed by atoms with Crippen LogP contribution in [0.4, 0.5) is 5.69 Å². The Kier molecular flexibility index (Phi) is 4.42. The zero-order valence-electron chi connectivity index (χ0n) is 11.2. The van der Waals surface area contributed by atoms with Gasteiger partial charge in [-0.1, -0.05) is 11.6 Å². The number of nitrogens with one attached hydrogen (secondary N) is 1. The summed E-state index contributed by atoms with van der Waals surface area (Å²) in [4.78, 5) is 0.328. The molecule has 0 radical (unpaired) electrons. The Bertz CT molecular complexity index is 822. The molecule has 1 aromatic heterocycles. The van der Waals surface area contributed by atoms with E-state index < -0.39 is 10.0 Å². The molecule has 0 aliphatic carbocycles. The van der Waals surface area contributed by atoms with Gasteiger partial charge in [-0.05, 0) is 30.7 Å². The van der Waals surface area contributed by atoms with Crippen molar-refractivity contribution in [3.05, 3.63) is 39.7 Å². The Morgan fingerprint density at radius 3 is 2.67 bits per heavy atom. The minimum absolute atomic E-state index is 0.0636. The molecule has 0 atom stereocenters. The molecule has 0 unspecified atom stereocenters. The van der Waals surface area contributed by atoms with Crippen LogP contribution in [0.2, 0.25) is 5.02 Å². The number of anilines is 1. The Labute approximate surface area is 131 Å². The lowest BCUT2D eigenvalue weighted by atomic mass is 10.2. The number of hydrogen-bond acceptors (Lipinski definition) is 5. The second kappa shape index (κ2) is 5.93. The highest BCUT2D eigenvalue weighted by Crippen LogP contribution is 2.33. The number of halogens is 1. The molecular formula is C13H11ClN2O3S2. The Morgan fingerprint density at radius 2 is 2.10 bits per heavy atom. The number of sulfonamides is 1. The van der Waals surface area contributed by atoms with Gasteiger partial charge in [0.1, 0.15) is 20.9 Å². The van der Waals surface area contributed by atoms with Gasteiger partial charge in [-0.25, -0.2) is 8.42 Å². The van der Waals surface area contributed by atoms with Crippen LogP contribution in [-0.2, 0) is 10.0 Å². The monoisotopic (exact) mass is 342 g/mol. The summed E-state index contributed by atoms with van der Waals surface area (Å²) in [5.41, 5.74) is 1.02. The predicted octanol–water partition coefficient (Wildman–Crippen LogP) is 3.39. The van der Waals surface area contributed by atoms with Crippen molar-refractivity contribution < 1.29 is 13.2 Å². The molecular weight excluding hydrogens is 332 g/mol. The second-order valence-corrected chi connectivity index (χ2v) is 7.54. The molecule has 1 N–H and O–H groups in total. The predicted molar refractivity (Wildman–Crippen MR) is 82.6 cm³/mol. The Morgan fingerprint density at radius 1 is 1.38 bits per heavy atom. The van der Waals surface area contributed by atoms with E-state index in [4.69, 9.17) is 21.6 Å². The molecule has 110 valence electrons. The second-order valence-electron chi connectivity index (χ2n) is 4.14. The zero-order valence-corrected chi connectivity index (χ0v) is 13.6. The van der Waals surface area contributed by atoms with Gasteiger partial charge in [0, 0.05) is 11.1 Å². The van der Waals surface area contributed by atoms with Crippen molar-refractivity contribution in [1.29, 1.82) is 5.26 Å². The summed E-state index contributed by atoms with van der Waals surface area (Å²) in [6.45, 7) is 1.76. The largest absolute Gasteiger partial charge is 0.495 e. The smallest absolute Gasteiger partial charge is 0.271 e. The number of ether oxygens (including phenoxy) is 1. The molecule has 0 aliphatic heterocycles. The molecule has 1 aromatic carbocycles. The summed E-state index contributed by atoms with van der Waals surface area (Å²) in [7, 11) is -2.34. The molecule has 0 bridgehead atoms. The first kappa shape index (κ1) is 15.6. The van der Waals surface area contributed by atoms with Gasteiger partial charge < -0.3 is 4.74 Å². The first-order chi connectivity index (χ1) is 9.87. The Hall–Kier alpha value is -1.75. The number of rotatable bonds is 4. The molecule has 0 saturated carbocycles. The standard InChI is InChI=1S/C13H11ClN2O3S2/c1-8-5-11(12(19-2)6-10(8)14)16-21(17,18)13-4-3-9(7-15)20-13/h3-6,16H,1-2H3. The normalized spacial score (nSPS) is 11.0. The quantitative estimate of drug-likeness (QED) is 0.923. The van der Waals surface area contributed by atoms with E-state index in [-0.39, 0.29) is 4.21 Å². The molecule has 2 aromatic rings. The molecule has 0 fully saturated rings. The van der Waals surface area contributed by atoms with Crippen LogP contribution in [0.3, 0.4) is 0 Å². The first-order valence-electron chi connectivity index (χ1n) is 5.74. The lowest BCUT2D eigenvalue weighted by molar-refractivity contribution is 0.417. The average molecular weight is 343 g/mol. The molecule has 8 heteroatoms. The van der Waals surface area contributed by atoms with Gasteiger partial charge in [-0.15, -0.1) is 11.3 Å². The van der Waals surface area contributed by atoms with E-state index in [9.17, 15) is 8.42 Å². The van der Waals surface area contributed by atoms with Crippen LogP contribution in [0.5, 0.6) is 5.75 Å². The van der Waals surface area contributed by atoms with E-state index in [1.165, 1.54) is 19.2 Å². The summed E-state index contributed by atoms with van der Waals surface area (Å²) in [6.07, 6.45) is 0. The van der Waals surface area contributed by atoms with E-state index in [0.29, 0.717) is 21.3 Å². The molecule has 21 heavy (non-hydrogen) atoms. The third-order valence-electron chi connectivity index (χ3n) is 2.68. The van der Waals surface area contributed by atoms with Crippen LogP contribution in [0.1, 0.15) is 10.4 Å². The third kappa shape index (κ3) is 3.29. The Balaban J connectivity index is 2.41. The van der Waals surface area contributed by atoms with Crippen LogP contribution in [-0.4, -0.2) is 15.5 Å². The fraction of sp³-hybridized carbons (Fsp3) is 0.154. The van der Waals surface area contributed by atoms with Crippen molar-refractivity contribution in [3.63, 3.8) is 0 Å². The van der Waals surface area contributed by atoms with Crippen LogP contribution < -0.4 is 9.46 Å². The SMILES string of the molecule is COc1cc(Cl)c(C)cc1NS(=O)(=O)c1ccc(C#N)s1. The minimum atomic E-state index is -3.77. The van der Waals surface area contributed by atoms with Crippen molar-refractivity contribution in [2.75, 3.05) is 11.8 Å². The average Bonchev–Trinajstić information content (AvgIpc) is 2.92. The maximum Gasteiger partial charge on any atom is 0.271 e. The number of methoxy groups -OCH3 is 1. The van der Waals surface area contributed by atoms with Crippen molar-refractivity contribution >= 4 is 38.6 Å². The number of aryl methyl sites for hydroxylation is 1. The van der Waals surface area contributed by atoms with Crippen molar-refractivity contribution in [2.24, 2.45) is 0 Å². The summed E-state index contributed by atoms with van der Waals surface area (Å²) in [6, 6.07) is 7.90. The van der Waals surface area contributed by atoms with Crippen LogP contribution in [0.15, 0.2) is 28.5 Å². The molecule has 2 rings (SSSR count). The van der Waals surface area contributed by atoms with E-state index in [1.54, 1.807) is 19.1 Å². The molecule has 1 heterocycles. The number of thiophene rings is 1. The maximum atomic E-state index is 12.3. The van der Waals surface area contributed by atoms with E-state index >= 15 is 0 Å². The molecule has 0 amide bonds. The van der Waals surface area contributed by atoms with E-state index in [1.807, 2.05) is 6.07 Å².